The SMILES string of the molecule is COc1ccc(-c2n[nH]c3c2C(c2ccc(OCc4ccccc4)c(OC)c2)N(CCCn2ccnc2)C3=O)cc1. The Morgan fingerprint density at radius 1 is 0.927 bits per heavy atom. The molecule has 0 saturated heterocycles. The van der Waals surface area contributed by atoms with Gasteiger partial charge in [-0.2, -0.15) is 5.10 Å². The lowest BCUT2D eigenvalue weighted by Gasteiger charge is -2.27. The van der Waals surface area contributed by atoms with E-state index < -0.39 is 0 Å². The summed E-state index contributed by atoms with van der Waals surface area (Å²) in [6, 6.07) is 23.2. The van der Waals surface area contributed by atoms with Crippen LogP contribution in [0.3, 0.4) is 0 Å². The number of amides is 1. The van der Waals surface area contributed by atoms with E-state index in [1.807, 2.05) is 88.5 Å². The number of aryl methyl sites for hydroxylation is 1. The van der Waals surface area contributed by atoms with Gasteiger partial charge in [-0.15, -0.1) is 0 Å². The minimum absolute atomic E-state index is 0.0775. The van der Waals surface area contributed by atoms with Crippen LogP contribution in [0.15, 0.2) is 91.5 Å². The van der Waals surface area contributed by atoms with Crippen LogP contribution < -0.4 is 14.2 Å². The number of carbonyl (C=O) groups excluding carboxylic acids is 1. The lowest BCUT2D eigenvalue weighted by atomic mass is 9.95. The van der Waals surface area contributed by atoms with Crippen LogP contribution in [0.4, 0.5) is 0 Å². The summed E-state index contributed by atoms with van der Waals surface area (Å²) in [5.74, 6) is 1.92. The zero-order valence-electron chi connectivity index (χ0n) is 23.0. The first kappa shape index (κ1) is 26.2. The van der Waals surface area contributed by atoms with Crippen molar-refractivity contribution in [1.82, 2.24) is 24.6 Å². The van der Waals surface area contributed by atoms with Crippen molar-refractivity contribution >= 4 is 5.91 Å². The molecule has 1 N–H and O–H groups in total. The first-order valence-corrected chi connectivity index (χ1v) is 13.5. The molecular weight excluding hydrogens is 518 g/mol. The Hall–Kier alpha value is -5.05. The molecule has 0 spiro atoms. The zero-order valence-corrected chi connectivity index (χ0v) is 23.0. The standard InChI is InChI=1S/C32H31N5O4/c1-39-25-12-9-23(10-13-25)29-28-30(35-34-29)32(38)37(17-6-16-36-18-15-33-21-36)31(28)24-11-14-26(27(19-24)40-2)41-20-22-7-4-3-5-8-22/h3-5,7-15,18-19,21,31H,6,16-17,20H2,1-2H3,(H,34,35). The van der Waals surface area contributed by atoms with E-state index in [4.69, 9.17) is 14.2 Å². The van der Waals surface area contributed by atoms with Gasteiger partial charge in [0.1, 0.15) is 18.1 Å². The number of hydrogen-bond acceptors (Lipinski definition) is 6. The van der Waals surface area contributed by atoms with E-state index in [0.717, 1.165) is 46.7 Å². The van der Waals surface area contributed by atoms with Crippen molar-refractivity contribution in [3.63, 3.8) is 0 Å². The molecule has 0 radical (unpaired) electrons. The number of aromatic nitrogens is 4. The highest BCUT2D eigenvalue weighted by atomic mass is 16.5. The molecule has 1 aliphatic heterocycles. The molecule has 9 nitrogen and oxygen atoms in total. The summed E-state index contributed by atoms with van der Waals surface area (Å²) in [7, 11) is 3.27. The molecule has 0 fully saturated rings. The fraction of sp³-hybridized carbons (Fsp3) is 0.219. The fourth-order valence-electron chi connectivity index (χ4n) is 5.29. The Balaban J connectivity index is 1.35. The molecule has 1 aliphatic rings. The number of hydrogen-bond donors (Lipinski definition) is 1. The van der Waals surface area contributed by atoms with Crippen molar-refractivity contribution in [1.29, 1.82) is 0 Å². The topological polar surface area (TPSA) is 94.5 Å². The monoisotopic (exact) mass is 549 g/mol. The summed E-state index contributed by atoms with van der Waals surface area (Å²) >= 11 is 0. The number of benzene rings is 3. The normalized spacial score (nSPS) is 14.2. The largest absolute Gasteiger partial charge is 0.497 e. The van der Waals surface area contributed by atoms with Gasteiger partial charge in [0.2, 0.25) is 0 Å². The highest BCUT2D eigenvalue weighted by molar-refractivity contribution is 6.00. The van der Waals surface area contributed by atoms with Crippen molar-refractivity contribution in [3.8, 4) is 28.5 Å². The number of H-pyrrole nitrogens is 1. The molecule has 1 atom stereocenters. The predicted molar refractivity (Wildman–Crippen MR) is 154 cm³/mol. The summed E-state index contributed by atoms with van der Waals surface area (Å²) in [4.78, 5) is 19.8. The number of aromatic amines is 1. The molecule has 3 heterocycles. The van der Waals surface area contributed by atoms with Crippen molar-refractivity contribution in [2.45, 2.75) is 25.6 Å². The van der Waals surface area contributed by atoms with Gasteiger partial charge in [0.15, 0.2) is 11.5 Å². The smallest absolute Gasteiger partial charge is 0.273 e. The molecule has 0 bridgehead atoms. The lowest BCUT2D eigenvalue weighted by Crippen LogP contribution is -2.31. The van der Waals surface area contributed by atoms with Crippen LogP contribution >= 0.6 is 0 Å². The minimum atomic E-state index is -0.354. The lowest BCUT2D eigenvalue weighted by molar-refractivity contribution is 0.0739. The number of rotatable bonds is 11. The number of fused-ring (bicyclic) bond motifs is 1. The maximum absolute atomic E-state index is 13.8. The molecule has 0 aliphatic carbocycles. The molecule has 9 heteroatoms. The molecule has 6 rings (SSSR count). The van der Waals surface area contributed by atoms with Gasteiger partial charge < -0.3 is 23.7 Å². The van der Waals surface area contributed by atoms with Crippen LogP contribution in [0.2, 0.25) is 0 Å². The molecule has 0 saturated carbocycles. The summed E-state index contributed by atoms with van der Waals surface area (Å²) in [6.07, 6.45) is 6.24. The van der Waals surface area contributed by atoms with E-state index in [9.17, 15) is 4.79 Å². The Bertz CT molecular complexity index is 1610. The second-order valence-corrected chi connectivity index (χ2v) is 9.83. The number of methoxy groups -OCH3 is 2. The molecule has 5 aromatic rings. The Kier molecular flexibility index (Phi) is 7.40. The van der Waals surface area contributed by atoms with E-state index in [2.05, 4.69) is 15.2 Å². The van der Waals surface area contributed by atoms with Crippen LogP contribution in [0.25, 0.3) is 11.3 Å². The second-order valence-electron chi connectivity index (χ2n) is 9.83. The summed E-state index contributed by atoms with van der Waals surface area (Å²) in [5.41, 5.74) is 4.98. The third kappa shape index (κ3) is 5.26. The zero-order chi connectivity index (χ0) is 28.2. The quantitative estimate of drug-likeness (QED) is 0.234. The molecule has 1 unspecified atom stereocenters. The highest BCUT2D eigenvalue weighted by Gasteiger charge is 2.42. The van der Waals surface area contributed by atoms with Crippen molar-refractivity contribution in [2.24, 2.45) is 0 Å². The number of nitrogens with one attached hydrogen (secondary N) is 1. The molecular formula is C32H31N5O4. The molecule has 2 aromatic heterocycles. The number of imidazole rings is 1. The van der Waals surface area contributed by atoms with Crippen molar-refractivity contribution < 1.29 is 19.0 Å². The van der Waals surface area contributed by atoms with Gasteiger partial charge >= 0.3 is 0 Å². The van der Waals surface area contributed by atoms with Gasteiger partial charge in [0.25, 0.3) is 5.91 Å². The van der Waals surface area contributed by atoms with Crippen LogP contribution in [0, 0.1) is 0 Å². The van der Waals surface area contributed by atoms with E-state index in [1.54, 1.807) is 26.7 Å². The third-order valence-electron chi connectivity index (χ3n) is 7.34. The molecule has 1 amide bonds. The average Bonchev–Trinajstić information content (AvgIpc) is 3.75. The maximum atomic E-state index is 13.8. The maximum Gasteiger partial charge on any atom is 0.273 e. The molecule has 208 valence electrons. The van der Waals surface area contributed by atoms with Crippen LogP contribution in [-0.2, 0) is 13.2 Å². The molecule has 41 heavy (non-hydrogen) atoms. The van der Waals surface area contributed by atoms with Gasteiger partial charge in [-0.1, -0.05) is 36.4 Å². The highest BCUT2D eigenvalue weighted by Crippen LogP contribution is 2.44. The number of ether oxygens (including phenoxy) is 3. The van der Waals surface area contributed by atoms with Crippen molar-refractivity contribution in [3.05, 3.63) is 114 Å². The fourth-order valence-corrected chi connectivity index (χ4v) is 5.29. The van der Waals surface area contributed by atoms with Crippen LogP contribution in [0.1, 0.15) is 39.6 Å². The number of nitrogens with zero attached hydrogens (tertiary/aromatic N) is 4. The van der Waals surface area contributed by atoms with Gasteiger partial charge in [-0.05, 0) is 53.9 Å². The van der Waals surface area contributed by atoms with E-state index in [-0.39, 0.29) is 11.9 Å². The summed E-state index contributed by atoms with van der Waals surface area (Å²) < 4.78 is 19.2. The Morgan fingerprint density at radius 2 is 1.76 bits per heavy atom. The predicted octanol–water partition coefficient (Wildman–Crippen LogP) is 5.50. The van der Waals surface area contributed by atoms with E-state index in [0.29, 0.717) is 30.3 Å². The van der Waals surface area contributed by atoms with Gasteiger partial charge in [0, 0.05) is 36.6 Å². The first-order valence-electron chi connectivity index (χ1n) is 13.5. The van der Waals surface area contributed by atoms with E-state index >= 15 is 0 Å². The number of carbonyl (C=O) groups is 1. The van der Waals surface area contributed by atoms with Crippen LogP contribution in [0.5, 0.6) is 17.2 Å². The second kappa shape index (κ2) is 11.6. The summed E-state index contributed by atoms with van der Waals surface area (Å²) in [6.45, 7) is 1.73. The third-order valence-corrected chi connectivity index (χ3v) is 7.34. The van der Waals surface area contributed by atoms with E-state index in [1.165, 1.54) is 0 Å². The Labute approximate surface area is 238 Å². The first-order chi connectivity index (χ1) is 20.2. The molecule has 3 aromatic carbocycles. The van der Waals surface area contributed by atoms with Crippen molar-refractivity contribution in [2.75, 3.05) is 20.8 Å². The van der Waals surface area contributed by atoms with Gasteiger partial charge in [0.05, 0.1) is 32.3 Å². The Morgan fingerprint density at radius 3 is 2.49 bits per heavy atom. The average molecular weight is 550 g/mol. The minimum Gasteiger partial charge on any atom is -0.497 e. The van der Waals surface area contributed by atoms with Gasteiger partial charge in [-0.3, -0.25) is 9.89 Å². The van der Waals surface area contributed by atoms with Gasteiger partial charge in [-0.25, -0.2) is 4.98 Å². The summed E-state index contributed by atoms with van der Waals surface area (Å²) in [5, 5.41) is 7.62. The van der Waals surface area contributed by atoms with Crippen LogP contribution in [-0.4, -0.2) is 51.3 Å².